The van der Waals surface area contributed by atoms with Crippen molar-refractivity contribution in [3.63, 3.8) is 0 Å². The van der Waals surface area contributed by atoms with Crippen molar-refractivity contribution in [1.29, 1.82) is 0 Å². The predicted octanol–water partition coefficient (Wildman–Crippen LogP) is 0.484. The van der Waals surface area contributed by atoms with Gasteiger partial charge in [-0.1, -0.05) is 6.07 Å². The van der Waals surface area contributed by atoms with Crippen LogP contribution in [0.1, 0.15) is 12.5 Å². The Kier molecular flexibility index (Phi) is 5.43. The number of ether oxygens (including phenoxy) is 2. The summed E-state index contributed by atoms with van der Waals surface area (Å²) >= 11 is 0. The van der Waals surface area contributed by atoms with Gasteiger partial charge in [0.25, 0.3) is 0 Å². The fourth-order valence-electron chi connectivity index (χ4n) is 3.32. The van der Waals surface area contributed by atoms with E-state index in [1.54, 1.807) is 18.9 Å². The van der Waals surface area contributed by atoms with E-state index in [4.69, 9.17) is 9.47 Å². The highest BCUT2D eigenvalue weighted by Crippen LogP contribution is 2.31. The van der Waals surface area contributed by atoms with Gasteiger partial charge in [0, 0.05) is 46.7 Å². The third kappa shape index (κ3) is 4.22. The van der Waals surface area contributed by atoms with E-state index in [0.29, 0.717) is 39.4 Å². The second-order valence-corrected chi connectivity index (χ2v) is 6.49. The van der Waals surface area contributed by atoms with Gasteiger partial charge in [-0.2, -0.15) is 0 Å². The molecule has 1 N–H and O–H groups in total. The van der Waals surface area contributed by atoms with E-state index in [1.807, 2.05) is 18.2 Å². The first-order valence-electron chi connectivity index (χ1n) is 8.65. The van der Waals surface area contributed by atoms with Crippen molar-refractivity contribution in [3.8, 4) is 11.5 Å². The highest BCUT2D eigenvalue weighted by atomic mass is 16.6. The number of fused-ring (bicyclic) bond motifs is 1. The number of benzene rings is 1. The molecule has 1 aromatic rings. The first-order valence-corrected chi connectivity index (χ1v) is 8.65. The number of hydrogen-bond acceptors (Lipinski definition) is 5. The first-order chi connectivity index (χ1) is 12.1. The Morgan fingerprint density at radius 3 is 2.64 bits per heavy atom. The lowest BCUT2D eigenvalue weighted by molar-refractivity contribution is -0.130. The van der Waals surface area contributed by atoms with Crippen LogP contribution in [0.15, 0.2) is 18.2 Å². The van der Waals surface area contributed by atoms with Crippen molar-refractivity contribution in [2.45, 2.75) is 13.5 Å². The van der Waals surface area contributed by atoms with Crippen LogP contribution < -0.4 is 14.8 Å². The SMILES string of the molecule is CNC(=O)[C@@H]1CN(Cc2ccc3c(c2)OCCO3)CCN(C(C)=O)C1. The molecule has 0 bridgehead atoms. The summed E-state index contributed by atoms with van der Waals surface area (Å²) in [4.78, 5) is 27.9. The molecule has 0 aliphatic carbocycles. The summed E-state index contributed by atoms with van der Waals surface area (Å²) in [5, 5.41) is 2.71. The van der Waals surface area contributed by atoms with Crippen LogP contribution in [-0.2, 0) is 16.1 Å². The Balaban J connectivity index is 1.72. The van der Waals surface area contributed by atoms with Gasteiger partial charge < -0.3 is 19.7 Å². The molecule has 2 amide bonds. The summed E-state index contributed by atoms with van der Waals surface area (Å²) in [6.45, 7) is 5.85. The molecule has 0 saturated carbocycles. The normalized spacial score (nSPS) is 20.7. The maximum atomic E-state index is 12.2. The molecule has 0 radical (unpaired) electrons. The Morgan fingerprint density at radius 1 is 1.16 bits per heavy atom. The van der Waals surface area contributed by atoms with E-state index < -0.39 is 0 Å². The Hall–Kier alpha value is -2.28. The summed E-state index contributed by atoms with van der Waals surface area (Å²) in [7, 11) is 1.64. The zero-order valence-electron chi connectivity index (χ0n) is 14.8. The van der Waals surface area contributed by atoms with E-state index in [9.17, 15) is 9.59 Å². The maximum absolute atomic E-state index is 12.2. The fraction of sp³-hybridized carbons (Fsp3) is 0.556. The number of carbonyl (C=O) groups is 2. The second kappa shape index (κ2) is 7.74. The van der Waals surface area contributed by atoms with E-state index in [2.05, 4.69) is 10.2 Å². The van der Waals surface area contributed by atoms with Crippen LogP contribution >= 0.6 is 0 Å². The molecule has 1 saturated heterocycles. The molecule has 3 rings (SSSR count). The van der Waals surface area contributed by atoms with E-state index in [-0.39, 0.29) is 17.7 Å². The maximum Gasteiger partial charge on any atom is 0.225 e. The Bertz CT molecular complexity index is 649. The zero-order valence-corrected chi connectivity index (χ0v) is 14.8. The zero-order chi connectivity index (χ0) is 17.8. The molecule has 7 nitrogen and oxygen atoms in total. The number of carbonyl (C=O) groups excluding carboxylic acids is 2. The van der Waals surface area contributed by atoms with Crippen LogP contribution in [-0.4, -0.2) is 68.1 Å². The third-order valence-corrected chi connectivity index (χ3v) is 4.68. The molecule has 1 atom stereocenters. The Morgan fingerprint density at radius 2 is 1.92 bits per heavy atom. The van der Waals surface area contributed by atoms with Crippen LogP contribution in [0.4, 0.5) is 0 Å². The molecule has 2 heterocycles. The standard InChI is InChI=1S/C18H25N3O4/c1-13(22)21-6-5-20(11-15(12-21)18(23)19-2)10-14-3-4-16-17(9-14)25-8-7-24-16/h3-4,9,15H,5-8,10-12H2,1-2H3,(H,19,23)/t15-/m1/s1. The minimum Gasteiger partial charge on any atom is -0.486 e. The third-order valence-electron chi connectivity index (χ3n) is 4.68. The number of rotatable bonds is 3. The molecule has 25 heavy (non-hydrogen) atoms. The number of amides is 2. The number of nitrogens with zero attached hydrogens (tertiary/aromatic N) is 2. The van der Waals surface area contributed by atoms with Gasteiger partial charge in [-0.05, 0) is 17.7 Å². The average Bonchev–Trinajstić information content (AvgIpc) is 2.84. The van der Waals surface area contributed by atoms with E-state index in [0.717, 1.165) is 23.6 Å². The van der Waals surface area contributed by atoms with Crippen molar-refractivity contribution < 1.29 is 19.1 Å². The van der Waals surface area contributed by atoms with Crippen molar-refractivity contribution >= 4 is 11.8 Å². The minimum absolute atomic E-state index is 0.00934. The van der Waals surface area contributed by atoms with Crippen molar-refractivity contribution in [2.24, 2.45) is 5.92 Å². The summed E-state index contributed by atoms with van der Waals surface area (Å²) in [6.07, 6.45) is 0. The predicted molar refractivity (Wildman–Crippen MR) is 92.5 cm³/mol. The van der Waals surface area contributed by atoms with E-state index >= 15 is 0 Å². The lowest BCUT2D eigenvalue weighted by atomic mass is 10.1. The molecule has 1 fully saturated rings. The monoisotopic (exact) mass is 347 g/mol. The second-order valence-electron chi connectivity index (χ2n) is 6.49. The van der Waals surface area contributed by atoms with Gasteiger partial charge in [-0.15, -0.1) is 0 Å². The van der Waals surface area contributed by atoms with Crippen LogP contribution in [0, 0.1) is 5.92 Å². The molecule has 1 aromatic carbocycles. The van der Waals surface area contributed by atoms with Gasteiger partial charge in [-0.25, -0.2) is 0 Å². The topological polar surface area (TPSA) is 71.1 Å². The molecule has 2 aliphatic rings. The lowest BCUT2D eigenvalue weighted by Gasteiger charge is -2.24. The van der Waals surface area contributed by atoms with Gasteiger partial charge in [0.15, 0.2) is 11.5 Å². The Labute approximate surface area is 147 Å². The number of hydrogen-bond donors (Lipinski definition) is 1. The fourth-order valence-corrected chi connectivity index (χ4v) is 3.32. The van der Waals surface area contributed by atoms with Crippen molar-refractivity contribution in [2.75, 3.05) is 46.4 Å². The molecule has 0 spiro atoms. The van der Waals surface area contributed by atoms with Gasteiger partial charge >= 0.3 is 0 Å². The molecule has 2 aliphatic heterocycles. The lowest BCUT2D eigenvalue weighted by Crippen LogP contribution is -2.40. The number of nitrogens with one attached hydrogen (secondary N) is 1. The summed E-state index contributed by atoms with van der Waals surface area (Å²) in [5.41, 5.74) is 1.11. The molecule has 136 valence electrons. The van der Waals surface area contributed by atoms with Gasteiger partial charge in [0.2, 0.25) is 11.8 Å². The van der Waals surface area contributed by atoms with Gasteiger partial charge in [0.1, 0.15) is 13.2 Å². The van der Waals surface area contributed by atoms with Gasteiger partial charge in [0.05, 0.1) is 5.92 Å². The molecule has 0 aromatic heterocycles. The largest absolute Gasteiger partial charge is 0.486 e. The van der Waals surface area contributed by atoms with Crippen LogP contribution in [0.25, 0.3) is 0 Å². The highest BCUT2D eigenvalue weighted by molar-refractivity contribution is 5.80. The van der Waals surface area contributed by atoms with Gasteiger partial charge in [-0.3, -0.25) is 14.5 Å². The molecular formula is C18H25N3O4. The highest BCUT2D eigenvalue weighted by Gasteiger charge is 2.28. The van der Waals surface area contributed by atoms with E-state index in [1.165, 1.54) is 0 Å². The summed E-state index contributed by atoms with van der Waals surface area (Å²) < 4.78 is 11.2. The minimum atomic E-state index is -0.228. The summed E-state index contributed by atoms with van der Waals surface area (Å²) in [5.74, 6) is 1.30. The first kappa shape index (κ1) is 17.5. The molecule has 7 heteroatoms. The van der Waals surface area contributed by atoms with Crippen LogP contribution in [0.3, 0.4) is 0 Å². The molecular weight excluding hydrogens is 322 g/mol. The summed E-state index contributed by atoms with van der Waals surface area (Å²) in [6, 6.07) is 5.95. The molecule has 0 unspecified atom stereocenters. The average molecular weight is 347 g/mol. The van der Waals surface area contributed by atoms with Crippen LogP contribution in [0.2, 0.25) is 0 Å². The van der Waals surface area contributed by atoms with Crippen LogP contribution in [0.5, 0.6) is 11.5 Å². The smallest absolute Gasteiger partial charge is 0.225 e. The van der Waals surface area contributed by atoms with Crippen molar-refractivity contribution in [3.05, 3.63) is 23.8 Å². The van der Waals surface area contributed by atoms with Crippen molar-refractivity contribution in [1.82, 2.24) is 15.1 Å². The quantitative estimate of drug-likeness (QED) is 0.861.